The minimum Gasteiger partial charge on any atom is -0.493 e. The van der Waals surface area contributed by atoms with E-state index in [1.807, 2.05) is 43.3 Å². The number of carbonyl (C=O) groups is 1. The minimum absolute atomic E-state index is 0.0539. The fraction of sp³-hybridized carbons (Fsp3) is 0.174. The topological polar surface area (TPSA) is 67.8 Å². The lowest BCUT2D eigenvalue weighted by Crippen LogP contribution is -2.04. The van der Waals surface area contributed by atoms with E-state index in [4.69, 9.17) is 21.1 Å². The summed E-state index contributed by atoms with van der Waals surface area (Å²) in [4.78, 5) is 11.3. The Morgan fingerprint density at radius 3 is 2.50 bits per heavy atom. The Kier molecular flexibility index (Phi) is 7.24. The summed E-state index contributed by atoms with van der Waals surface area (Å²) in [6.45, 7) is 2.93. The number of anilines is 1. The van der Waals surface area contributed by atoms with Crippen molar-refractivity contribution in [2.45, 2.75) is 20.1 Å². The van der Waals surface area contributed by atoms with Crippen molar-refractivity contribution in [3.05, 3.63) is 86.3 Å². The molecule has 30 heavy (non-hydrogen) atoms. The Balaban J connectivity index is 1.72. The molecule has 0 heterocycles. The van der Waals surface area contributed by atoms with Crippen LogP contribution in [0.4, 0.5) is 5.69 Å². The molecule has 0 bridgehead atoms. The molecule has 3 rings (SSSR count). The maximum absolute atomic E-state index is 11.3. The maximum Gasteiger partial charge on any atom is 0.337 e. The van der Waals surface area contributed by atoms with Gasteiger partial charge in [0.25, 0.3) is 0 Å². The lowest BCUT2D eigenvalue weighted by molar-refractivity contribution is 0.0697. The molecule has 7 heteroatoms. The lowest BCUT2D eigenvalue weighted by Gasteiger charge is -2.15. The van der Waals surface area contributed by atoms with Gasteiger partial charge in [-0.25, -0.2) is 4.79 Å². The van der Waals surface area contributed by atoms with Crippen molar-refractivity contribution in [2.24, 2.45) is 0 Å². The van der Waals surface area contributed by atoms with Crippen molar-refractivity contribution in [3.63, 3.8) is 0 Å². The molecule has 0 unspecified atom stereocenters. The molecule has 5 nitrogen and oxygen atoms in total. The van der Waals surface area contributed by atoms with Crippen LogP contribution in [0.3, 0.4) is 0 Å². The standard InChI is InChI=1S/C23H21BrClNO4/c1-14-3-5-15(6-4-14)13-30-22-11-19(24)16(9-21(22)29-2)12-26-17-7-8-20(25)18(10-17)23(27)28/h3-11,26H,12-13H2,1-2H3,(H,27,28). The molecule has 2 N–H and O–H groups in total. The third-order valence-corrected chi connectivity index (χ3v) is 5.60. The molecule has 0 atom stereocenters. The Morgan fingerprint density at radius 2 is 1.83 bits per heavy atom. The van der Waals surface area contributed by atoms with Crippen molar-refractivity contribution >= 4 is 39.2 Å². The van der Waals surface area contributed by atoms with E-state index in [9.17, 15) is 9.90 Å². The van der Waals surface area contributed by atoms with E-state index in [-0.39, 0.29) is 10.6 Å². The number of hydrogen-bond acceptors (Lipinski definition) is 4. The van der Waals surface area contributed by atoms with Gasteiger partial charge < -0.3 is 19.9 Å². The Hall–Kier alpha value is -2.70. The lowest BCUT2D eigenvalue weighted by atomic mass is 10.1. The number of nitrogens with one attached hydrogen (secondary N) is 1. The second kappa shape index (κ2) is 9.87. The molecule has 156 valence electrons. The van der Waals surface area contributed by atoms with Crippen molar-refractivity contribution in [1.29, 1.82) is 0 Å². The number of methoxy groups -OCH3 is 1. The second-order valence-corrected chi connectivity index (χ2v) is 7.98. The van der Waals surface area contributed by atoms with Crippen LogP contribution < -0.4 is 14.8 Å². The van der Waals surface area contributed by atoms with Crippen LogP contribution in [0.5, 0.6) is 11.5 Å². The summed E-state index contributed by atoms with van der Waals surface area (Å²) < 4.78 is 12.3. The van der Waals surface area contributed by atoms with Crippen LogP contribution in [0.1, 0.15) is 27.0 Å². The number of aryl methyl sites for hydroxylation is 1. The number of rotatable bonds is 8. The molecule has 3 aromatic carbocycles. The molecule has 0 fully saturated rings. The summed E-state index contributed by atoms with van der Waals surface area (Å²) in [5.41, 5.74) is 3.91. The predicted octanol–water partition coefficient (Wildman–Crippen LogP) is 6.31. The number of ether oxygens (including phenoxy) is 2. The van der Waals surface area contributed by atoms with Gasteiger partial charge in [-0.2, -0.15) is 0 Å². The van der Waals surface area contributed by atoms with Gasteiger partial charge in [0.05, 0.1) is 17.7 Å². The first-order chi connectivity index (χ1) is 14.4. The zero-order valence-corrected chi connectivity index (χ0v) is 18.9. The molecular formula is C23H21BrClNO4. The molecule has 0 aliphatic rings. The van der Waals surface area contributed by atoms with E-state index >= 15 is 0 Å². The smallest absolute Gasteiger partial charge is 0.337 e. The molecule has 3 aromatic rings. The van der Waals surface area contributed by atoms with Gasteiger partial charge >= 0.3 is 5.97 Å². The van der Waals surface area contributed by atoms with Gasteiger partial charge in [0.1, 0.15) is 6.61 Å². The number of halogens is 2. The van der Waals surface area contributed by atoms with E-state index < -0.39 is 5.97 Å². The highest BCUT2D eigenvalue weighted by molar-refractivity contribution is 9.10. The highest BCUT2D eigenvalue weighted by Gasteiger charge is 2.12. The summed E-state index contributed by atoms with van der Waals surface area (Å²) in [5.74, 6) is 0.180. The molecule has 0 saturated carbocycles. The van der Waals surface area contributed by atoms with Gasteiger partial charge in [-0.15, -0.1) is 0 Å². The summed E-state index contributed by atoms with van der Waals surface area (Å²) in [6.07, 6.45) is 0. The van der Waals surface area contributed by atoms with Gasteiger partial charge in [0, 0.05) is 16.7 Å². The number of aromatic carboxylic acids is 1. The fourth-order valence-electron chi connectivity index (χ4n) is 2.83. The predicted molar refractivity (Wildman–Crippen MR) is 122 cm³/mol. The van der Waals surface area contributed by atoms with Crippen LogP contribution in [0, 0.1) is 6.92 Å². The summed E-state index contributed by atoms with van der Waals surface area (Å²) in [6, 6.07) is 16.7. The van der Waals surface area contributed by atoms with Crippen molar-refractivity contribution in [3.8, 4) is 11.5 Å². The third kappa shape index (κ3) is 5.46. The van der Waals surface area contributed by atoms with Gasteiger partial charge in [-0.05, 0) is 48.4 Å². The van der Waals surface area contributed by atoms with Crippen molar-refractivity contribution in [1.82, 2.24) is 0 Å². The van der Waals surface area contributed by atoms with Crippen LogP contribution in [0.2, 0.25) is 5.02 Å². The van der Waals surface area contributed by atoms with Crippen LogP contribution >= 0.6 is 27.5 Å². The number of carboxylic acids is 1. The zero-order chi connectivity index (χ0) is 21.7. The Morgan fingerprint density at radius 1 is 1.10 bits per heavy atom. The number of benzene rings is 3. The molecule has 0 aliphatic carbocycles. The summed E-state index contributed by atoms with van der Waals surface area (Å²) in [7, 11) is 1.59. The SMILES string of the molecule is COc1cc(CNc2ccc(Cl)c(C(=O)O)c2)c(Br)cc1OCc1ccc(C)cc1. The number of carboxylic acid groups (broad SMARTS) is 1. The number of hydrogen-bond donors (Lipinski definition) is 2. The van der Waals surface area contributed by atoms with Crippen LogP contribution in [0.15, 0.2) is 59.1 Å². The molecule has 0 saturated heterocycles. The third-order valence-electron chi connectivity index (χ3n) is 4.53. The molecular weight excluding hydrogens is 470 g/mol. The van der Waals surface area contributed by atoms with E-state index in [2.05, 4.69) is 21.2 Å². The Bertz CT molecular complexity index is 1050. The Labute approximate surface area is 188 Å². The average molecular weight is 491 g/mol. The van der Waals surface area contributed by atoms with E-state index in [1.165, 1.54) is 11.6 Å². The highest BCUT2D eigenvalue weighted by atomic mass is 79.9. The quantitative estimate of drug-likeness (QED) is 0.387. The van der Waals surface area contributed by atoms with Crippen LogP contribution in [0.25, 0.3) is 0 Å². The van der Waals surface area contributed by atoms with E-state index in [1.54, 1.807) is 19.2 Å². The molecule has 0 radical (unpaired) electrons. The molecule has 0 amide bonds. The minimum atomic E-state index is -1.07. The van der Waals surface area contributed by atoms with Crippen molar-refractivity contribution in [2.75, 3.05) is 12.4 Å². The van der Waals surface area contributed by atoms with Gasteiger partial charge in [0.2, 0.25) is 0 Å². The molecule has 0 aromatic heterocycles. The second-order valence-electron chi connectivity index (χ2n) is 6.72. The van der Waals surface area contributed by atoms with Crippen molar-refractivity contribution < 1.29 is 19.4 Å². The highest BCUT2D eigenvalue weighted by Crippen LogP contribution is 2.34. The maximum atomic E-state index is 11.3. The monoisotopic (exact) mass is 489 g/mol. The average Bonchev–Trinajstić information content (AvgIpc) is 2.73. The summed E-state index contributed by atoms with van der Waals surface area (Å²) in [5, 5.41) is 12.6. The first-order valence-electron chi connectivity index (χ1n) is 9.19. The zero-order valence-electron chi connectivity index (χ0n) is 16.5. The normalized spacial score (nSPS) is 10.5. The van der Waals surface area contributed by atoms with Crippen LogP contribution in [-0.2, 0) is 13.2 Å². The first-order valence-corrected chi connectivity index (χ1v) is 10.4. The van der Waals surface area contributed by atoms with Crippen LogP contribution in [-0.4, -0.2) is 18.2 Å². The fourth-order valence-corrected chi connectivity index (χ4v) is 3.49. The summed E-state index contributed by atoms with van der Waals surface area (Å²) >= 11 is 9.50. The van der Waals surface area contributed by atoms with Gasteiger partial charge in [-0.1, -0.05) is 57.4 Å². The molecule has 0 spiro atoms. The van der Waals surface area contributed by atoms with Gasteiger partial charge in [0.15, 0.2) is 11.5 Å². The molecule has 0 aliphatic heterocycles. The largest absolute Gasteiger partial charge is 0.493 e. The van der Waals surface area contributed by atoms with E-state index in [0.29, 0.717) is 30.3 Å². The van der Waals surface area contributed by atoms with E-state index in [0.717, 1.165) is 15.6 Å². The van der Waals surface area contributed by atoms with Gasteiger partial charge in [-0.3, -0.25) is 0 Å². The first kappa shape index (κ1) is 22.0.